The number of aromatic nitrogens is 1. The Morgan fingerprint density at radius 3 is 2.89 bits per heavy atom. The lowest BCUT2D eigenvalue weighted by Gasteiger charge is -2.09. The molecule has 1 aromatic carbocycles. The van der Waals surface area contributed by atoms with E-state index in [0.717, 1.165) is 34.3 Å². The van der Waals surface area contributed by atoms with Gasteiger partial charge in [0.2, 0.25) is 5.88 Å². The van der Waals surface area contributed by atoms with Crippen LogP contribution in [-0.4, -0.2) is 4.98 Å². The first-order valence-corrected chi connectivity index (χ1v) is 7.21. The molecule has 3 nitrogen and oxygen atoms in total. The number of fused-ring (bicyclic) bond motifs is 1. The number of aryl methyl sites for hydroxylation is 2. The number of benzene rings is 1. The van der Waals surface area contributed by atoms with Crippen molar-refractivity contribution in [1.29, 1.82) is 5.26 Å². The van der Waals surface area contributed by atoms with Crippen LogP contribution in [0, 0.1) is 14.9 Å². The topological polar surface area (TPSA) is 45.9 Å². The van der Waals surface area contributed by atoms with Crippen LogP contribution in [0.2, 0.25) is 0 Å². The molecule has 0 N–H and O–H groups in total. The molecule has 2 aromatic rings. The van der Waals surface area contributed by atoms with Crippen molar-refractivity contribution in [1.82, 2.24) is 4.98 Å². The summed E-state index contributed by atoms with van der Waals surface area (Å²) >= 11 is 2.21. The Morgan fingerprint density at radius 1 is 1.26 bits per heavy atom. The Hall–Kier alpha value is -1.61. The molecule has 1 heterocycles. The first kappa shape index (κ1) is 12.4. The van der Waals surface area contributed by atoms with Gasteiger partial charge in [-0.15, -0.1) is 0 Å². The van der Waals surface area contributed by atoms with Gasteiger partial charge in [-0.2, -0.15) is 5.26 Å². The Labute approximate surface area is 125 Å². The summed E-state index contributed by atoms with van der Waals surface area (Å²) in [5, 5.41) is 9.23. The smallest absolute Gasteiger partial charge is 0.237 e. The number of ether oxygens (including phenoxy) is 1. The van der Waals surface area contributed by atoms with E-state index in [-0.39, 0.29) is 0 Å². The fourth-order valence-electron chi connectivity index (χ4n) is 2.24. The van der Waals surface area contributed by atoms with E-state index in [0.29, 0.717) is 11.4 Å². The summed E-state index contributed by atoms with van der Waals surface area (Å²) in [4.78, 5) is 4.51. The first-order valence-electron chi connectivity index (χ1n) is 6.13. The molecule has 0 amide bonds. The maximum absolute atomic E-state index is 9.23. The van der Waals surface area contributed by atoms with Gasteiger partial charge in [0, 0.05) is 5.69 Å². The molecule has 0 spiro atoms. The van der Waals surface area contributed by atoms with E-state index >= 15 is 0 Å². The average molecular weight is 362 g/mol. The summed E-state index contributed by atoms with van der Waals surface area (Å²) in [7, 11) is 0. The van der Waals surface area contributed by atoms with Crippen LogP contribution >= 0.6 is 22.6 Å². The van der Waals surface area contributed by atoms with Crippen LogP contribution in [0.25, 0.3) is 0 Å². The SMILES string of the molecule is N#Cc1cc2c(nc1Oc1ccccc1I)CCC2. The summed E-state index contributed by atoms with van der Waals surface area (Å²) in [6, 6.07) is 11.8. The van der Waals surface area contributed by atoms with Crippen molar-refractivity contribution in [2.45, 2.75) is 19.3 Å². The predicted octanol–water partition coefficient (Wildman–Crippen LogP) is 3.84. The molecule has 3 rings (SSSR count). The molecular formula is C15H11IN2O. The standard InChI is InChI=1S/C15H11IN2O/c16-12-5-1-2-7-14(12)19-15-11(9-17)8-10-4-3-6-13(10)18-15/h1-2,5,7-8H,3-4,6H2. The Bertz CT molecular complexity index is 676. The van der Waals surface area contributed by atoms with Crippen LogP contribution < -0.4 is 4.74 Å². The van der Waals surface area contributed by atoms with Crippen LogP contribution in [0.15, 0.2) is 30.3 Å². The van der Waals surface area contributed by atoms with Gasteiger partial charge in [0.1, 0.15) is 17.4 Å². The molecule has 0 fully saturated rings. The lowest BCUT2D eigenvalue weighted by molar-refractivity contribution is 0.456. The van der Waals surface area contributed by atoms with Crippen LogP contribution in [-0.2, 0) is 12.8 Å². The molecule has 4 heteroatoms. The highest BCUT2D eigenvalue weighted by atomic mass is 127. The van der Waals surface area contributed by atoms with E-state index in [1.807, 2.05) is 30.3 Å². The van der Waals surface area contributed by atoms with E-state index < -0.39 is 0 Å². The number of hydrogen-bond donors (Lipinski definition) is 0. The van der Waals surface area contributed by atoms with E-state index in [1.54, 1.807) is 0 Å². The Morgan fingerprint density at radius 2 is 2.11 bits per heavy atom. The van der Waals surface area contributed by atoms with E-state index in [9.17, 15) is 5.26 Å². The van der Waals surface area contributed by atoms with Crippen molar-refractivity contribution < 1.29 is 4.74 Å². The number of nitrogens with zero attached hydrogens (tertiary/aromatic N) is 2. The molecule has 19 heavy (non-hydrogen) atoms. The Kier molecular flexibility index (Phi) is 3.38. The van der Waals surface area contributed by atoms with Gasteiger partial charge in [-0.25, -0.2) is 4.98 Å². The number of pyridine rings is 1. The monoisotopic (exact) mass is 362 g/mol. The minimum absolute atomic E-state index is 0.423. The second kappa shape index (κ2) is 5.17. The lowest BCUT2D eigenvalue weighted by atomic mass is 10.1. The molecule has 1 aliphatic rings. The van der Waals surface area contributed by atoms with Crippen molar-refractivity contribution in [3.05, 3.63) is 50.7 Å². The molecule has 0 atom stereocenters. The van der Waals surface area contributed by atoms with Crippen LogP contribution in [0.4, 0.5) is 0 Å². The highest BCUT2D eigenvalue weighted by Crippen LogP contribution is 2.31. The largest absolute Gasteiger partial charge is 0.437 e. The molecule has 0 bridgehead atoms. The summed E-state index contributed by atoms with van der Waals surface area (Å²) < 4.78 is 6.82. The van der Waals surface area contributed by atoms with Gasteiger partial charge in [0.25, 0.3) is 0 Å². The predicted molar refractivity (Wildman–Crippen MR) is 80.2 cm³/mol. The normalized spacial score (nSPS) is 12.8. The third-order valence-electron chi connectivity index (χ3n) is 3.18. The number of para-hydroxylation sites is 1. The highest BCUT2D eigenvalue weighted by molar-refractivity contribution is 14.1. The fraction of sp³-hybridized carbons (Fsp3) is 0.200. The fourth-order valence-corrected chi connectivity index (χ4v) is 2.74. The Balaban J connectivity index is 2.02. The third-order valence-corrected chi connectivity index (χ3v) is 4.07. The van der Waals surface area contributed by atoms with Crippen LogP contribution in [0.1, 0.15) is 23.2 Å². The molecule has 0 saturated carbocycles. The minimum atomic E-state index is 0.423. The third kappa shape index (κ3) is 2.43. The number of rotatable bonds is 2. The zero-order chi connectivity index (χ0) is 13.2. The van der Waals surface area contributed by atoms with Gasteiger partial charge in [0.05, 0.1) is 3.57 Å². The second-order valence-electron chi connectivity index (χ2n) is 4.44. The lowest BCUT2D eigenvalue weighted by Crippen LogP contribution is -1.98. The van der Waals surface area contributed by atoms with E-state index in [4.69, 9.17) is 4.74 Å². The molecule has 0 radical (unpaired) electrons. The van der Waals surface area contributed by atoms with Crippen molar-refractivity contribution in [3.8, 4) is 17.7 Å². The zero-order valence-electron chi connectivity index (χ0n) is 10.2. The van der Waals surface area contributed by atoms with Crippen LogP contribution in [0.5, 0.6) is 11.6 Å². The van der Waals surface area contributed by atoms with E-state index in [1.165, 1.54) is 5.56 Å². The molecule has 0 unspecified atom stereocenters. The maximum atomic E-state index is 9.23. The quantitative estimate of drug-likeness (QED) is 0.763. The summed E-state index contributed by atoms with van der Waals surface area (Å²) in [5.74, 6) is 1.16. The highest BCUT2D eigenvalue weighted by Gasteiger charge is 2.18. The van der Waals surface area contributed by atoms with Crippen molar-refractivity contribution in [2.75, 3.05) is 0 Å². The van der Waals surface area contributed by atoms with Gasteiger partial charge < -0.3 is 4.74 Å². The number of halogens is 1. The van der Waals surface area contributed by atoms with E-state index in [2.05, 4.69) is 33.6 Å². The van der Waals surface area contributed by atoms with Gasteiger partial charge in [-0.05, 0) is 65.6 Å². The molecule has 0 aliphatic heterocycles. The molecule has 1 aromatic heterocycles. The van der Waals surface area contributed by atoms with Gasteiger partial charge in [-0.1, -0.05) is 12.1 Å². The zero-order valence-corrected chi connectivity index (χ0v) is 12.3. The summed E-state index contributed by atoms with van der Waals surface area (Å²) in [6.45, 7) is 0. The molecule has 94 valence electrons. The van der Waals surface area contributed by atoms with Gasteiger partial charge >= 0.3 is 0 Å². The minimum Gasteiger partial charge on any atom is -0.437 e. The molecule has 1 aliphatic carbocycles. The number of nitriles is 1. The van der Waals surface area contributed by atoms with Gasteiger partial charge in [0.15, 0.2) is 0 Å². The summed E-state index contributed by atoms with van der Waals surface area (Å²) in [6.07, 6.45) is 3.10. The molecule has 0 saturated heterocycles. The second-order valence-corrected chi connectivity index (χ2v) is 5.61. The summed E-state index contributed by atoms with van der Waals surface area (Å²) in [5.41, 5.74) is 2.77. The molecular weight excluding hydrogens is 351 g/mol. The average Bonchev–Trinajstić information content (AvgIpc) is 2.87. The number of hydrogen-bond acceptors (Lipinski definition) is 3. The van der Waals surface area contributed by atoms with Crippen LogP contribution in [0.3, 0.4) is 0 Å². The van der Waals surface area contributed by atoms with Crippen molar-refractivity contribution in [3.63, 3.8) is 0 Å². The van der Waals surface area contributed by atoms with Crippen molar-refractivity contribution in [2.24, 2.45) is 0 Å². The maximum Gasteiger partial charge on any atom is 0.237 e. The first-order chi connectivity index (χ1) is 9.28. The van der Waals surface area contributed by atoms with Gasteiger partial charge in [-0.3, -0.25) is 0 Å². The van der Waals surface area contributed by atoms with Crippen molar-refractivity contribution >= 4 is 22.6 Å².